The zero-order chi connectivity index (χ0) is 4.73. The number of hydrogen-bond donors (Lipinski definition) is 3. The summed E-state index contributed by atoms with van der Waals surface area (Å²) in [4.78, 5) is 0. The highest BCUT2D eigenvalue weighted by molar-refractivity contribution is 5.15. The number of hydrogen-bond acceptors (Lipinski definition) is 3. The molecular weight excluding hydrogens is 84.0 g/mol. The fraction of sp³-hybridized carbons (Fsp3) is 0.667. The molecule has 6 heavy (non-hydrogen) atoms. The van der Waals surface area contributed by atoms with Gasteiger partial charge in [0.2, 0.25) is 0 Å². The van der Waals surface area contributed by atoms with Gasteiger partial charge >= 0.3 is 0 Å². The Labute approximate surface area is 34.8 Å². The van der Waals surface area contributed by atoms with Crippen molar-refractivity contribution in [2.45, 2.75) is 12.2 Å². The van der Waals surface area contributed by atoms with E-state index in [1.165, 1.54) is 0 Å². The van der Waals surface area contributed by atoms with Crippen LogP contribution in [-0.2, 0) is 0 Å². The van der Waals surface area contributed by atoms with Crippen LogP contribution in [0.2, 0.25) is 0 Å². The van der Waals surface area contributed by atoms with Crippen molar-refractivity contribution in [3.05, 3.63) is 6.10 Å². The van der Waals surface area contributed by atoms with Gasteiger partial charge in [-0.15, -0.1) is 0 Å². The molecule has 0 aromatic carbocycles. The summed E-state index contributed by atoms with van der Waals surface area (Å²) >= 11 is 0. The van der Waals surface area contributed by atoms with E-state index in [4.69, 9.17) is 15.3 Å². The first kappa shape index (κ1) is 4.05. The largest absolute Gasteiger partial charge is 0.387 e. The molecule has 3 heteroatoms. The van der Waals surface area contributed by atoms with E-state index in [1.54, 1.807) is 0 Å². The van der Waals surface area contributed by atoms with Crippen molar-refractivity contribution in [3.8, 4) is 0 Å². The van der Waals surface area contributed by atoms with Gasteiger partial charge in [0, 0.05) is 0 Å². The number of aliphatic hydroxyl groups is 3. The van der Waals surface area contributed by atoms with Gasteiger partial charge in [-0.2, -0.15) is 0 Å². The van der Waals surface area contributed by atoms with E-state index in [9.17, 15) is 0 Å². The van der Waals surface area contributed by atoms with Gasteiger partial charge in [-0.3, -0.25) is 0 Å². The van der Waals surface area contributed by atoms with E-state index in [1.807, 2.05) is 0 Å². The summed E-state index contributed by atoms with van der Waals surface area (Å²) in [5, 5.41) is 24.5. The average molecular weight is 89.1 g/mol. The zero-order valence-corrected chi connectivity index (χ0v) is 3.00. The molecule has 1 radical (unpaired) electrons. The maximum atomic E-state index is 8.17. The summed E-state index contributed by atoms with van der Waals surface area (Å²) < 4.78 is 0. The third-order valence-corrected chi connectivity index (χ3v) is 0.796. The van der Waals surface area contributed by atoms with Crippen LogP contribution < -0.4 is 0 Å². The molecule has 0 aromatic rings. The summed E-state index contributed by atoms with van der Waals surface area (Å²) in [6.07, 6.45) is -2.12. The summed E-state index contributed by atoms with van der Waals surface area (Å²) in [6.45, 7) is 0. The standard InChI is InChI=1S/C3H5O3/c4-1-2(5)3(1)6/h1-2,4-6H. The first-order valence-corrected chi connectivity index (χ1v) is 1.65. The molecule has 1 aliphatic carbocycles. The van der Waals surface area contributed by atoms with Crippen LogP contribution in [0.4, 0.5) is 0 Å². The van der Waals surface area contributed by atoms with E-state index < -0.39 is 12.2 Å². The Morgan fingerprint density at radius 2 is 1.33 bits per heavy atom. The van der Waals surface area contributed by atoms with Crippen molar-refractivity contribution >= 4 is 0 Å². The van der Waals surface area contributed by atoms with Crippen molar-refractivity contribution in [2.24, 2.45) is 0 Å². The predicted molar refractivity (Wildman–Crippen MR) is 17.2 cm³/mol. The Balaban J connectivity index is 2.31. The lowest BCUT2D eigenvalue weighted by Gasteiger charge is -1.66. The highest BCUT2D eigenvalue weighted by Gasteiger charge is 2.48. The van der Waals surface area contributed by atoms with Crippen LogP contribution in [0.3, 0.4) is 0 Å². The number of rotatable bonds is 0. The molecule has 1 aliphatic rings. The molecule has 0 aromatic heterocycles. The lowest BCUT2D eigenvalue weighted by atomic mass is 10.8. The molecule has 1 fully saturated rings. The Hall–Kier alpha value is -0.120. The van der Waals surface area contributed by atoms with Crippen molar-refractivity contribution < 1.29 is 15.3 Å². The molecule has 35 valence electrons. The zero-order valence-electron chi connectivity index (χ0n) is 3.00. The summed E-state index contributed by atoms with van der Waals surface area (Å²) in [5.41, 5.74) is 0. The topological polar surface area (TPSA) is 60.7 Å². The van der Waals surface area contributed by atoms with Gasteiger partial charge in [0.05, 0.1) is 0 Å². The monoisotopic (exact) mass is 89.0 g/mol. The van der Waals surface area contributed by atoms with Crippen LogP contribution in [0.1, 0.15) is 0 Å². The van der Waals surface area contributed by atoms with Gasteiger partial charge < -0.3 is 15.3 Å². The van der Waals surface area contributed by atoms with E-state index in [0.29, 0.717) is 0 Å². The van der Waals surface area contributed by atoms with E-state index in [2.05, 4.69) is 0 Å². The second-order valence-electron chi connectivity index (χ2n) is 1.31. The quantitative estimate of drug-likeness (QED) is 0.343. The Morgan fingerprint density at radius 3 is 1.33 bits per heavy atom. The minimum atomic E-state index is -0.954. The van der Waals surface area contributed by atoms with Gasteiger partial charge in [-0.25, -0.2) is 0 Å². The minimum absolute atomic E-state index is 0.213. The van der Waals surface area contributed by atoms with E-state index in [0.717, 1.165) is 0 Å². The number of aliphatic hydroxyl groups excluding tert-OH is 3. The second kappa shape index (κ2) is 0.932. The normalized spacial score (nSPS) is 46.5. The minimum Gasteiger partial charge on any atom is -0.387 e. The van der Waals surface area contributed by atoms with Crippen molar-refractivity contribution in [1.82, 2.24) is 0 Å². The second-order valence-corrected chi connectivity index (χ2v) is 1.31. The van der Waals surface area contributed by atoms with Crippen LogP contribution in [-0.4, -0.2) is 27.5 Å². The summed E-state index contributed by atoms with van der Waals surface area (Å²) in [7, 11) is 0. The van der Waals surface area contributed by atoms with Gasteiger partial charge in [0.15, 0.2) is 6.10 Å². The molecule has 0 saturated heterocycles. The lowest BCUT2D eigenvalue weighted by molar-refractivity contribution is 0.180. The maximum absolute atomic E-state index is 8.17. The fourth-order valence-corrected chi connectivity index (χ4v) is 0.223. The van der Waals surface area contributed by atoms with Crippen LogP contribution in [0.5, 0.6) is 0 Å². The predicted octanol–water partition coefficient (Wildman–Crippen LogP) is -1.37. The molecular formula is C3H5O3. The molecule has 1 rings (SSSR count). The Bertz CT molecular complexity index is 42.8. The SMILES string of the molecule is O[C]1C(O)C1O. The molecule has 2 atom stereocenters. The molecule has 0 spiro atoms. The third-order valence-electron chi connectivity index (χ3n) is 0.796. The molecule has 3 N–H and O–H groups in total. The van der Waals surface area contributed by atoms with Crippen molar-refractivity contribution in [3.63, 3.8) is 0 Å². The van der Waals surface area contributed by atoms with Crippen LogP contribution >= 0.6 is 0 Å². The highest BCUT2D eigenvalue weighted by Crippen LogP contribution is 2.29. The van der Waals surface area contributed by atoms with Gasteiger partial charge in [0.1, 0.15) is 12.2 Å². The van der Waals surface area contributed by atoms with Crippen LogP contribution in [0, 0.1) is 6.10 Å². The maximum Gasteiger partial charge on any atom is 0.155 e. The molecule has 2 unspecified atom stereocenters. The van der Waals surface area contributed by atoms with Gasteiger partial charge in [-0.05, 0) is 0 Å². The van der Waals surface area contributed by atoms with Crippen molar-refractivity contribution in [1.29, 1.82) is 0 Å². The van der Waals surface area contributed by atoms with Crippen LogP contribution in [0.15, 0.2) is 0 Å². The Morgan fingerprint density at radius 1 is 1.17 bits per heavy atom. The molecule has 0 heterocycles. The average Bonchev–Trinajstić information content (AvgIpc) is 1.94. The first-order chi connectivity index (χ1) is 2.73. The Kier molecular flexibility index (Phi) is 0.629. The summed E-state index contributed by atoms with van der Waals surface area (Å²) in [6, 6.07) is 0. The highest BCUT2D eigenvalue weighted by atomic mass is 16.4. The van der Waals surface area contributed by atoms with Crippen molar-refractivity contribution in [2.75, 3.05) is 0 Å². The molecule has 0 bridgehead atoms. The molecule has 3 nitrogen and oxygen atoms in total. The molecule has 1 saturated carbocycles. The van der Waals surface area contributed by atoms with Gasteiger partial charge in [-0.1, -0.05) is 0 Å². The van der Waals surface area contributed by atoms with Crippen LogP contribution in [0.25, 0.3) is 0 Å². The smallest absolute Gasteiger partial charge is 0.155 e. The fourth-order valence-electron chi connectivity index (χ4n) is 0.223. The summed E-state index contributed by atoms with van der Waals surface area (Å²) in [5.74, 6) is 0. The molecule has 0 aliphatic heterocycles. The lowest BCUT2D eigenvalue weighted by Crippen LogP contribution is -1.85. The third kappa shape index (κ3) is 0.330. The van der Waals surface area contributed by atoms with Gasteiger partial charge in [0.25, 0.3) is 0 Å². The van der Waals surface area contributed by atoms with E-state index >= 15 is 0 Å². The molecule has 0 amide bonds. The van der Waals surface area contributed by atoms with E-state index in [-0.39, 0.29) is 6.10 Å². The first-order valence-electron chi connectivity index (χ1n) is 1.65.